The molecule has 4 aromatic rings. The van der Waals surface area contributed by atoms with Gasteiger partial charge in [-0.25, -0.2) is 4.98 Å². The van der Waals surface area contributed by atoms with Crippen LogP contribution < -0.4 is 5.73 Å². The lowest BCUT2D eigenvalue weighted by atomic mass is 9.76. The summed E-state index contributed by atoms with van der Waals surface area (Å²) in [5.74, 6) is -0.593. The van der Waals surface area contributed by atoms with Crippen molar-refractivity contribution < 1.29 is 9.53 Å². The summed E-state index contributed by atoms with van der Waals surface area (Å²) < 4.78 is 7.51. The molecule has 0 bridgehead atoms. The van der Waals surface area contributed by atoms with E-state index in [1.54, 1.807) is 13.3 Å². The summed E-state index contributed by atoms with van der Waals surface area (Å²) in [5, 5.41) is 0. The number of rotatable bonds is 7. The zero-order chi connectivity index (χ0) is 21.9. The highest BCUT2D eigenvalue weighted by Crippen LogP contribution is 2.41. The summed E-state index contributed by atoms with van der Waals surface area (Å²) in [6.07, 6.45) is 3.59. The van der Waals surface area contributed by atoms with E-state index in [1.807, 2.05) is 65.4 Å². The standard InChI is InChI=1S/C26H25N3O2/c1-25(31-2,24(27)30)23-18-29(19-28-23)26(20-12-6-3-7-13-20,21-14-8-4-9-15-21)22-16-10-5-11-17-22/h3-19H,1-2H3,(H2,27,30). The van der Waals surface area contributed by atoms with Gasteiger partial charge in [-0.1, -0.05) is 91.0 Å². The predicted molar refractivity (Wildman–Crippen MR) is 120 cm³/mol. The van der Waals surface area contributed by atoms with Crippen LogP contribution in [0, 0.1) is 0 Å². The lowest BCUT2D eigenvalue weighted by Crippen LogP contribution is -2.41. The number of ether oxygens (including phenoxy) is 1. The van der Waals surface area contributed by atoms with Crippen LogP contribution in [0.25, 0.3) is 0 Å². The minimum atomic E-state index is -1.33. The monoisotopic (exact) mass is 411 g/mol. The number of nitrogens with zero attached hydrogens (tertiary/aromatic N) is 2. The van der Waals surface area contributed by atoms with Crippen LogP contribution in [0.15, 0.2) is 104 Å². The zero-order valence-corrected chi connectivity index (χ0v) is 17.6. The van der Waals surface area contributed by atoms with E-state index < -0.39 is 17.0 Å². The first-order valence-corrected chi connectivity index (χ1v) is 10.1. The minimum absolute atomic E-state index is 0.453. The van der Waals surface area contributed by atoms with Crippen molar-refractivity contribution in [3.63, 3.8) is 0 Å². The number of hydrogen-bond acceptors (Lipinski definition) is 3. The van der Waals surface area contributed by atoms with Gasteiger partial charge >= 0.3 is 0 Å². The molecule has 5 nitrogen and oxygen atoms in total. The van der Waals surface area contributed by atoms with E-state index in [1.165, 1.54) is 7.11 Å². The average molecular weight is 412 g/mol. The maximum absolute atomic E-state index is 12.2. The summed E-state index contributed by atoms with van der Waals surface area (Å²) in [6.45, 7) is 1.64. The van der Waals surface area contributed by atoms with Crippen molar-refractivity contribution in [2.24, 2.45) is 5.73 Å². The Balaban J connectivity index is 2.06. The number of methoxy groups -OCH3 is 1. The third-order valence-electron chi connectivity index (χ3n) is 5.91. The molecule has 3 aromatic carbocycles. The van der Waals surface area contributed by atoms with E-state index in [-0.39, 0.29) is 0 Å². The summed E-state index contributed by atoms with van der Waals surface area (Å²) in [7, 11) is 1.46. The zero-order valence-electron chi connectivity index (χ0n) is 17.6. The Bertz CT molecular complexity index is 1060. The number of benzene rings is 3. The molecule has 0 spiro atoms. The molecule has 2 N–H and O–H groups in total. The quantitative estimate of drug-likeness (QED) is 0.466. The van der Waals surface area contributed by atoms with Crippen molar-refractivity contribution >= 4 is 5.91 Å². The lowest BCUT2D eigenvalue weighted by Gasteiger charge is -2.37. The normalized spacial score (nSPS) is 13.5. The van der Waals surface area contributed by atoms with Crippen molar-refractivity contribution in [3.05, 3.63) is 126 Å². The fraction of sp³-hybridized carbons (Fsp3) is 0.154. The van der Waals surface area contributed by atoms with Gasteiger partial charge in [-0.3, -0.25) is 4.79 Å². The molecule has 1 amide bonds. The lowest BCUT2D eigenvalue weighted by molar-refractivity contribution is -0.139. The van der Waals surface area contributed by atoms with E-state index >= 15 is 0 Å². The van der Waals surface area contributed by atoms with E-state index in [2.05, 4.69) is 41.4 Å². The molecule has 0 saturated heterocycles. The first kappa shape index (κ1) is 20.6. The Kier molecular flexibility index (Phi) is 5.44. The fourth-order valence-electron chi connectivity index (χ4n) is 4.07. The molecule has 0 radical (unpaired) electrons. The van der Waals surface area contributed by atoms with Crippen molar-refractivity contribution in [3.8, 4) is 0 Å². The van der Waals surface area contributed by atoms with Gasteiger partial charge in [-0.15, -0.1) is 0 Å². The van der Waals surface area contributed by atoms with Crippen LogP contribution in [-0.2, 0) is 20.7 Å². The average Bonchev–Trinajstić information content (AvgIpc) is 3.32. The van der Waals surface area contributed by atoms with E-state index in [9.17, 15) is 4.79 Å². The first-order valence-electron chi connectivity index (χ1n) is 10.1. The maximum atomic E-state index is 12.2. The molecular formula is C26H25N3O2. The largest absolute Gasteiger partial charge is 0.367 e. The molecule has 5 heteroatoms. The second kappa shape index (κ2) is 8.20. The summed E-state index contributed by atoms with van der Waals surface area (Å²) in [5.41, 5.74) is 7.26. The number of amides is 1. The third kappa shape index (κ3) is 3.33. The number of imidazole rings is 1. The van der Waals surface area contributed by atoms with Gasteiger partial charge in [0.1, 0.15) is 5.54 Å². The second-order valence-electron chi connectivity index (χ2n) is 7.58. The number of nitrogens with two attached hydrogens (primary N) is 1. The Morgan fingerprint density at radius 3 is 1.61 bits per heavy atom. The van der Waals surface area contributed by atoms with Crippen LogP contribution in [0.5, 0.6) is 0 Å². The van der Waals surface area contributed by atoms with Crippen LogP contribution in [0.4, 0.5) is 0 Å². The molecule has 1 unspecified atom stereocenters. The summed E-state index contributed by atoms with van der Waals surface area (Å²) in [4.78, 5) is 16.7. The van der Waals surface area contributed by atoms with Crippen molar-refractivity contribution in [1.29, 1.82) is 0 Å². The van der Waals surface area contributed by atoms with E-state index in [0.717, 1.165) is 16.7 Å². The molecule has 156 valence electrons. The van der Waals surface area contributed by atoms with Crippen molar-refractivity contribution in [2.45, 2.75) is 18.1 Å². The van der Waals surface area contributed by atoms with Gasteiger partial charge in [0.25, 0.3) is 5.91 Å². The van der Waals surface area contributed by atoms with Crippen LogP contribution in [0.2, 0.25) is 0 Å². The number of aromatic nitrogens is 2. The van der Waals surface area contributed by atoms with Gasteiger partial charge in [0.2, 0.25) is 0 Å². The summed E-state index contributed by atoms with van der Waals surface area (Å²) in [6, 6.07) is 30.7. The smallest absolute Gasteiger partial charge is 0.255 e. The molecule has 1 aromatic heterocycles. The molecule has 31 heavy (non-hydrogen) atoms. The fourth-order valence-corrected chi connectivity index (χ4v) is 4.07. The topological polar surface area (TPSA) is 70.1 Å². The highest BCUT2D eigenvalue weighted by Gasteiger charge is 2.41. The van der Waals surface area contributed by atoms with Gasteiger partial charge in [0.15, 0.2) is 5.60 Å². The highest BCUT2D eigenvalue weighted by molar-refractivity contribution is 5.84. The summed E-state index contributed by atoms with van der Waals surface area (Å²) >= 11 is 0. The molecule has 0 fully saturated rings. The van der Waals surface area contributed by atoms with Gasteiger partial charge in [0.05, 0.1) is 12.0 Å². The van der Waals surface area contributed by atoms with Gasteiger partial charge < -0.3 is 15.0 Å². The van der Waals surface area contributed by atoms with Crippen LogP contribution >= 0.6 is 0 Å². The Hall–Kier alpha value is -3.70. The van der Waals surface area contributed by atoms with Gasteiger partial charge in [-0.2, -0.15) is 0 Å². The number of hydrogen-bond donors (Lipinski definition) is 1. The van der Waals surface area contributed by atoms with Gasteiger partial charge in [0, 0.05) is 13.3 Å². The molecule has 1 heterocycles. The Morgan fingerprint density at radius 1 is 0.839 bits per heavy atom. The van der Waals surface area contributed by atoms with E-state index in [4.69, 9.17) is 10.5 Å². The van der Waals surface area contributed by atoms with Gasteiger partial charge in [-0.05, 0) is 23.6 Å². The molecule has 1 atom stereocenters. The Morgan fingerprint density at radius 2 is 1.26 bits per heavy atom. The number of primary amides is 1. The molecule has 0 aliphatic heterocycles. The minimum Gasteiger partial charge on any atom is -0.367 e. The van der Waals surface area contributed by atoms with Crippen LogP contribution in [0.3, 0.4) is 0 Å². The Labute approximate surface area is 182 Å². The SMILES string of the molecule is COC(C)(C(N)=O)c1cn(C(c2ccccc2)(c2ccccc2)c2ccccc2)cn1. The molecule has 0 saturated carbocycles. The van der Waals surface area contributed by atoms with Crippen molar-refractivity contribution in [1.82, 2.24) is 9.55 Å². The first-order chi connectivity index (χ1) is 15.0. The van der Waals surface area contributed by atoms with Crippen LogP contribution in [0.1, 0.15) is 29.3 Å². The maximum Gasteiger partial charge on any atom is 0.255 e. The molecule has 0 aliphatic rings. The molecule has 4 rings (SSSR count). The second-order valence-corrected chi connectivity index (χ2v) is 7.58. The van der Waals surface area contributed by atoms with E-state index in [0.29, 0.717) is 5.69 Å². The third-order valence-corrected chi connectivity index (χ3v) is 5.91. The highest BCUT2D eigenvalue weighted by atomic mass is 16.5. The number of carbonyl (C=O) groups excluding carboxylic acids is 1. The van der Waals surface area contributed by atoms with Crippen molar-refractivity contribution in [2.75, 3.05) is 7.11 Å². The van der Waals surface area contributed by atoms with Crippen LogP contribution in [-0.4, -0.2) is 22.6 Å². The molecule has 0 aliphatic carbocycles. The molecular weight excluding hydrogens is 386 g/mol. The predicted octanol–water partition coefficient (Wildman–Crippen LogP) is 4.07. The number of carbonyl (C=O) groups is 1.